The molecule has 4 rings (SSSR count). The summed E-state index contributed by atoms with van der Waals surface area (Å²) in [6.07, 6.45) is 4.48. The van der Waals surface area contributed by atoms with Gasteiger partial charge in [-0.1, -0.05) is 32.0 Å². The predicted molar refractivity (Wildman–Crippen MR) is 121 cm³/mol. The van der Waals surface area contributed by atoms with Gasteiger partial charge in [0, 0.05) is 32.1 Å². The normalized spacial score (nSPS) is 11.7. The largest absolute Gasteiger partial charge is 0.481 e. The lowest BCUT2D eigenvalue weighted by Crippen LogP contribution is -2.24. The van der Waals surface area contributed by atoms with Crippen molar-refractivity contribution >= 4 is 17.5 Å². The molecule has 0 aliphatic heterocycles. The zero-order chi connectivity index (χ0) is 24.0. The summed E-state index contributed by atoms with van der Waals surface area (Å²) in [7, 11) is 0. The molecule has 10 heteroatoms. The number of rotatable bonds is 6. The van der Waals surface area contributed by atoms with Crippen LogP contribution in [0.15, 0.2) is 61.1 Å². The number of carboxylic acid groups (broad SMARTS) is 1. The second kappa shape index (κ2) is 10.5. The van der Waals surface area contributed by atoms with Gasteiger partial charge < -0.3 is 15.5 Å². The van der Waals surface area contributed by atoms with Crippen LogP contribution in [0.25, 0.3) is 11.3 Å². The summed E-state index contributed by atoms with van der Waals surface area (Å²) < 4.78 is 3.43. The number of carbonyl (C=O) groups is 2. The zero-order valence-electron chi connectivity index (χ0n) is 18.6. The lowest BCUT2D eigenvalue weighted by Gasteiger charge is -2.13. The average molecular weight is 450 g/mol. The zero-order valence-corrected chi connectivity index (χ0v) is 18.6. The number of carboxylic acids is 1. The fraction of sp³-hybridized carbons (Fsp3) is 0.261. The van der Waals surface area contributed by atoms with Crippen molar-refractivity contribution in [2.75, 3.05) is 0 Å². The van der Waals surface area contributed by atoms with Crippen LogP contribution in [-0.4, -0.2) is 46.5 Å². The molecule has 3 N–H and O–H groups in total. The van der Waals surface area contributed by atoms with Gasteiger partial charge in [0.25, 0.3) is 11.9 Å². The third kappa shape index (κ3) is 5.80. The van der Waals surface area contributed by atoms with E-state index in [9.17, 15) is 9.90 Å². The van der Waals surface area contributed by atoms with E-state index >= 15 is 0 Å². The summed E-state index contributed by atoms with van der Waals surface area (Å²) in [5.74, 6) is -0.645. The van der Waals surface area contributed by atoms with Crippen LogP contribution in [0.2, 0.25) is 0 Å². The van der Waals surface area contributed by atoms with Gasteiger partial charge in [0.1, 0.15) is 6.10 Å². The first-order valence-electron chi connectivity index (χ1n) is 10.4. The number of aliphatic hydroxyl groups is 1. The van der Waals surface area contributed by atoms with Gasteiger partial charge in [-0.3, -0.25) is 14.0 Å². The molecule has 33 heavy (non-hydrogen) atoms. The van der Waals surface area contributed by atoms with Crippen LogP contribution >= 0.6 is 0 Å². The first-order valence-corrected chi connectivity index (χ1v) is 10.4. The highest BCUT2D eigenvalue weighted by molar-refractivity contribution is 5.94. The van der Waals surface area contributed by atoms with Crippen molar-refractivity contribution in [3.63, 3.8) is 0 Å². The molecule has 3 aromatic heterocycles. The van der Waals surface area contributed by atoms with E-state index < -0.39 is 12.1 Å². The summed E-state index contributed by atoms with van der Waals surface area (Å²) in [4.78, 5) is 21.7. The average Bonchev–Trinajstić information content (AvgIpc) is 3.46. The molecule has 1 aromatic carbocycles. The topological polar surface area (TPSA) is 135 Å². The SMILES string of the molecule is CC(=O)O.CC(C)C(O)c1nnc2ccc(C(=O)NCc3ccccc3-n3cccn3)cn12. The molecule has 0 spiro atoms. The number of fused-ring (bicyclic) bond motifs is 1. The maximum Gasteiger partial charge on any atom is 0.300 e. The Hall–Kier alpha value is -4.05. The molecule has 0 saturated heterocycles. The molecule has 10 nitrogen and oxygen atoms in total. The van der Waals surface area contributed by atoms with E-state index in [-0.39, 0.29) is 11.8 Å². The van der Waals surface area contributed by atoms with Crippen molar-refractivity contribution in [3.8, 4) is 5.69 Å². The van der Waals surface area contributed by atoms with E-state index in [0.29, 0.717) is 23.6 Å². The van der Waals surface area contributed by atoms with Crippen LogP contribution in [0.1, 0.15) is 48.6 Å². The minimum absolute atomic E-state index is 0.0151. The number of aliphatic carboxylic acids is 1. The molecule has 0 saturated carbocycles. The van der Waals surface area contributed by atoms with Gasteiger partial charge in [0.15, 0.2) is 11.5 Å². The number of aliphatic hydroxyl groups excluding tert-OH is 1. The van der Waals surface area contributed by atoms with Gasteiger partial charge in [-0.25, -0.2) is 4.68 Å². The molecule has 0 aliphatic rings. The Morgan fingerprint density at radius 2 is 1.82 bits per heavy atom. The standard InChI is InChI=1S/C21H22N6O2.C2H4O2/c1-14(2)19(28)20-25-24-18-9-8-16(13-26(18)20)21(29)22-12-15-6-3-4-7-17(15)27-11-5-10-23-27;1-2(3)4/h3-11,13-14,19,28H,12H2,1-2H3,(H,22,29);1H3,(H,3,4). The van der Waals surface area contributed by atoms with Gasteiger partial charge in [0.05, 0.1) is 11.3 Å². The maximum atomic E-state index is 12.7. The van der Waals surface area contributed by atoms with Crippen molar-refractivity contribution in [2.45, 2.75) is 33.4 Å². The fourth-order valence-electron chi connectivity index (χ4n) is 3.12. The van der Waals surface area contributed by atoms with Gasteiger partial charge in [0.2, 0.25) is 0 Å². The third-order valence-corrected chi connectivity index (χ3v) is 4.77. The Balaban J connectivity index is 0.000000709. The highest BCUT2D eigenvalue weighted by Gasteiger charge is 2.19. The Labute approximate surface area is 190 Å². The van der Waals surface area contributed by atoms with Crippen LogP contribution in [0.3, 0.4) is 0 Å². The number of pyridine rings is 1. The van der Waals surface area contributed by atoms with E-state index in [4.69, 9.17) is 9.90 Å². The van der Waals surface area contributed by atoms with Crippen molar-refractivity contribution in [3.05, 3.63) is 78.0 Å². The van der Waals surface area contributed by atoms with E-state index in [0.717, 1.165) is 18.2 Å². The Kier molecular flexibility index (Phi) is 7.52. The van der Waals surface area contributed by atoms with Gasteiger partial charge >= 0.3 is 0 Å². The van der Waals surface area contributed by atoms with Crippen LogP contribution in [0.4, 0.5) is 0 Å². The number of carbonyl (C=O) groups excluding carboxylic acids is 1. The fourth-order valence-corrected chi connectivity index (χ4v) is 3.12. The van der Waals surface area contributed by atoms with Crippen molar-refractivity contribution in [1.29, 1.82) is 0 Å². The highest BCUT2D eigenvalue weighted by atomic mass is 16.4. The molecule has 0 bridgehead atoms. The van der Waals surface area contributed by atoms with Crippen LogP contribution in [0.5, 0.6) is 0 Å². The van der Waals surface area contributed by atoms with Crippen molar-refractivity contribution in [2.24, 2.45) is 5.92 Å². The van der Waals surface area contributed by atoms with Crippen molar-refractivity contribution in [1.82, 2.24) is 29.7 Å². The molecule has 4 aromatic rings. The molecule has 1 amide bonds. The summed E-state index contributed by atoms with van der Waals surface area (Å²) in [6, 6.07) is 13.0. The summed E-state index contributed by atoms with van der Waals surface area (Å²) in [5.41, 5.74) is 2.91. The molecule has 0 aliphatic carbocycles. The summed E-state index contributed by atoms with van der Waals surface area (Å²) in [6.45, 7) is 5.25. The smallest absolute Gasteiger partial charge is 0.300 e. The number of para-hydroxylation sites is 1. The summed E-state index contributed by atoms with van der Waals surface area (Å²) in [5, 5.41) is 33.1. The van der Waals surface area contributed by atoms with Gasteiger partial charge in [-0.2, -0.15) is 5.10 Å². The lowest BCUT2D eigenvalue weighted by atomic mass is 10.1. The lowest BCUT2D eigenvalue weighted by molar-refractivity contribution is -0.134. The minimum Gasteiger partial charge on any atom is -0.481 e. The number of amides is 1. The quantitative estimate of drug-likeness (QED) is 0.411. The molecule has 1 unspecified atom stereocenters. The van der Waals surface area contributed by atoms with E-state index in [2.05, 4.69) is 20.6 Å². The first-order chi connectivity index (χ1) is 15.8. The first kappa shape index (κ1) is 23.6. The second-order valence-electron chi connectivity index (χ2n) is 7.67. The number of nitrogens with zero attached hydrogens (tertiary/aromatic N) is 5. The van der Waals surface area contributed by atoms with Crippen LogP contribution in [-0.2, 0) is 11.3 Å². The molecule has 1 atom stereocenters. The minimum atomic E-state index is -0.833. The highest BCUT2D eigenvalue weighted by Crippen LogP contribution is 2.21. The molecule has 172 valence electrons. The molecule has 0 fully saturated rings. The van der Waals surface area contributed by atoms with E-state index in [1.165, 1.54) is 0 Å². The summed E-state index contributed by atoms with van der Waals surface area (Å²) >= 11 is 0. The number of hydrogen-bond acceptors (Lipinski definition) is 6. The monoisotopic (exact) mass is 450 g/mol. The number of benzene rings is 1. The number of hydrogen-bond donors (Lipinski definition) is 3. The molecule has 3 heterocycles. The third-order valence-electron chi connectivity index (χ3n) is 4.77. The molecular weight excluding hydrogens is 424 g/mol. The predicted octanol–water partition coefficient (Wildman–Crippen LogP) is 2.63. The Morgan fingerprint density at radius 3 is 2.48 bits per heavy atom. The molecule has 0 radical (unpaired) electrons. The van der Waals surface area contributed by atoms with Crippen LogP contribution in [0, 0.1) is 5.92 Å². The van der Waals surface area contributed by atoms with Gasteiger partial charge in [-0.05, 0) is 35.7 Å². The second-order valence-corrected chi connectivity index (χ2v) is 7.67. The maximum absolute atomic E-state index is 12.7. The van der Waals surface area contributed by atoms with E-state index in [1.54, 1.807) is 33.6 Å². The molecular formula is C23H26N6O4. The number of nitrogens with one attached hydrogen (secondary N) is 1. The Morgan fingerprint density at radius 1 is 1.09 bits per heavy atom. The van der Waals surface area contributed by atoms with Crippen molar-refractivity contribution < 1.29 is 19.8 Å². The van der Waals surface area contributed by atoms with Gasteiger partial charge in [-0.15, -0.1) is 10.2 Å². The van der Waals surface area contributed by atoms with E-state index in [1.807, 2.05) is 50.4 Å². The Bertz CT molecular complexity index is 1230. The van der Waals surface area contributed by atoms with Crippen LogP contribution < -0.4 is 5.32 Å². The number of aromatic nitrogens is 5.